The van der Waals surface area contributed by atoms with E-state index in [-0.39, 0.29) is 6.04 Å². The van der Waals surface area contributed by atoms with E-state index in [1.807, 2.05) is 20.0 Å². The molecule has 1 aromatic rings. The van der Waals surface area contributed by atoms with Gasteiger partial charge in [0.25, 0.3) is 0 Å². The lowest BCUT2D eigenvalue weighted by atomic mass is 10.1. The van der Waals surface area contributed by atoms with Gasteiger partial charge in [-0.15, -0.1) is 0 Å². The number of nitrogens with zero attached hydrogens (tertiary/aromatic N) is 2. The Kier molecular flexibility index (Phi) is 3.17. The summed E-state index contributed by atoms with van der Waals surface area (Å²) < 4.78 is 0. The second kappa shape index (κ2) is 4.16. The molecular weight excluding hydrogens is 150 g/mol. The maximum atomic E-state index is 5.65. The Morgan fingerprint density at radius 1 is 1.58 bits per heavy atom. The molecule has 1 atom stereocenters. The normalized spacial score (nSPS) is 12.9. The van der Waals surface area contributed by atoms with Crippen LogP contribution in [0.25, 0.3) is 0 Å². The monoisotopic (exact) mass is 165 g/mol. The van der Waals surface area contributed by atoms with Crippen LogP contribution in [-0.4, -0.2) is 16.0 Å². The van der Waals surface area contributed by atoms with Crippen LogP contribution in [0.3, 0.4) is 0 Å². The Morgan fingerprint density at radius 2 is 2.33 bits per heavy atom. The highest BCUT2D eigenvalue weighted by molar-refractivity contribution is 5.14. The van der Waals surface area contributed by atoms with Crippen molar-refractivity contribution in [3.63, 3.8) is 0 Å². The molecule has 0 amide bonds. The van der Waals surface area contributed by atoms with Gasteiger partial charge in [-0.25, -0.2) is 9.97 Å². The minimum atomic E-state index is 0.254. The lowest BCUT2D eigenvalue weighted by molar-refractivity contribution is 0.661. The first-order valence-corrected chi connectivity index (χ1v) is 4.21. The van der Waals surface area contributed by atoms with E-state index in [1.165, 1.54) is 5.56 Å². The van der Waals surface area contributed by atoms with Crippen LogP contribution >= 0.6 is 0 Å². The third-order valence-corrected chi connectivity index (χ3v) is 1.88. The molecular formula is C9H15N3. The maximum absolute atomic E-state index is 5.65. The second-order valence-corrected chi connectivity index (χ2v) is 3.15. The van der Waals surface area contributed by atoms with Crippen molar-refractivity contribution in [3.8, 4) is 0 Å². The molecule has 0 saturated heterocycles. The Bertz CT molecular complexity index is 245. The minimum Gasteiger partial charge on any atom is -0.328 e. The number of aromatic nitrogens is 2. The van der Waals surface area contributed by atoms with Crippen molar-refractivity contribution in [3.05, 3.63) is 23.8 Å². The molecule has 0 spiro atoms. The number of aryl methyl sites for hydroxylation is 2. The Labute approximate surface area is 73.0 Å². The Hall–Kier alpha value is -0.960. The van der Waals surface area contributed by atoms with Gasteiger partial charge in [0.05, 0.1) is 0 Å². The predicted molar refractivity (Wildman–Crippen MR) is 48.7 cm³/mol. The smallest absolute Gasteiger partial charge is 0.115 e. The summed E-state index contributed by atoms with van der Waals surface area (Å²) in [6.45, 7) is 4.01. The molecule has 1 rings (SSSR count). The van der Waals surface area contributed by atoms with Gasteiger partial charge in [-0.2, -0.15) is 0 Å². The molecule has 0 aliphatic carbocycles. The number of hydrogen-bond acceptors (Lipinski definition) is 3. The van der Waals surface area contributed by atoms with Crippen molar-refractivity contribution in [1.29, 1.82) is 0 Å². The van der Waals surface area contributed by atoms with E-state index in [0.29, 0.717) is 0 Å². The average molecular weight is 165 g/mol. The zero-order valence-electron chi connectivity index (χ0n) is 7.62. The van der Waals surface area contributed by atoms with E-state index in [2.05, 4.69) is 9.97 Å². The standard InChI is InChI=1S/C9H15N3/c1-7(10)3-4-9-5-11-6-12-8(9)2/h5-7H,3-4,10H2,1-2H3/t7-/m0/s1. The van der Waals surface area contributed by atoms with Crippen molar-refractivity contribution in [2.24, 2.45) is 5.73 Å². The summed E-state index contributed by atoms with van der Waals surface area (Å²) in [5.74, 6) is 0. The van der Waals surface area contributed by atoms with Crippen LogP contribution in [0.2, 0.25) is 0 Å². The topological polar surface area (TPSA) is 51.8 Å². The van der Waals surface area contributed by atoms with E-state index in [1.54, 1.807) is 6.33 Å². The largest absolute Gasteiger partial charge is 0.328 e. The van der Waals surface area contributed by atoms with Gasteiger partial charge in [0.2, 0.25) is 0 Å². The number of rotatable bonds is 3. The Balaban J connectivity index is 2.57. The van der Waals surface area contributed by atoms with Crippen molar-refractivity contribution in [1.82, 2.24) is 9.97 Å². The molecule has 0 aromatic carbocycles. The van der Waals surface area contributed by atoms with Crippen LogP contribution in [-0.2, 0) is 6.42 Å². The molecule has 2 N–H and O–H groups in total. The van der Waals surface area contributed by atoms with Crippen LogP contribution in [0.5, 0.6) is 0 Å². The van der Waals surface area contributed by atoms with Crippen molar-refractivity contribution >= 4 is 0 Å². The molecule has 0 saturated carbocycles. The lowest BCUT2D eigenvalue weighted by Gasteiger charge is -2.05. The molecule has 0 fully saturated rings. The van der Waals surface area contributed by atoms with Gasteiger partial charge in [0.1, 0.15) is 6.33 Å². The molecule has 1 aromatic heterocycles. The van der Waals surface area contributed by atoms with Crippen LogP contribution in [0.4, 0.5) is 0 Å². The first-order valence-electron chi connectivity index (χ1n) is 4.21. The number of hydrogen-bond donors (Lipinski definition) is 1. The zero-order valence-corrected chi connectivity index (χ0v) is 7.62. The maximum Gasteiger partial charge on any atom is 0.115 e. The third kappa shape index (κ3) is 2.58. The summed E-state index contributed by atoms with van der Waals surface area (Å²) in [6, 6.07) is 0.254. The van der Waals surface area contributed by atoms with E-state index in [9.17, 15) is 0 Å². The fourth-order valence-corrected chi connectivity index (χ4v) is 1.05. The lowest BCUT2D eigenvalue weighted by Crippen LogP contribution is -2.15. The van der Waals surface area contributed by atoms with E-state index in [0.717, 1.165) is 18.5 Å². The van der Waals surface area contributed by atoms with Gasteiger partial charge < -0.3 is 5.73 Å². The van der Waals surface area contributed by atoms with Gasteiger partial charge >= 0.3 is 0 Å². The van der Waals surface area contributed by atoms with Gasteiger partial charge in [0, 0.05) is 17.9 Å². The molecule has 0 aliphatic rings. The molecule has 0 aliphatic heterocycles. The molecule has 1 heterocycles. The second-order valence-electron chi connectivity index (χ2n) is 3.15. The Morgan fingerprint density at radius 3 is 2.92 bits per heavy atom. The first kappa shape index (κ1) is 9.13. The van der Waals surface area contributed by atoms with Crippen molar-refractivity contribution in [2.75, 3.05) is 0 Å². The highest BCUT2D eigenvalue weighted by Gasteiger charge is 2.00. The SMILES string of the molecule is Cc1ncncc1CC[C@H](C)N. The molecule has 12 heavy (non-hydrogen) atoms. The van der Waals surface area contributed by atoms with Crippen LogP contribution in [0, 0.1) is 6.92 Å². The van der Waals surface area contributed by atoms with E-state index >= 15 is 0 Å². The van der Waals surface area contributed by atoms with Gasteiger partial charge in [-0.3, -0.25) is 0 Å². The molecule has 3 heteroatoms. The quantitative estimate of drug-likeness (QED) is 0.728. The van der Waals surface area contributed by atoms with Crippen LogP contribution in [0.1, 0.15) is 24.6 Å². The van der Waals surface area contributed by atoms with Crippen LogP contribution < -0.4 is 5.73 Å². The van der Waals surface area contributed by atoms with Crippen LogP contribution in [0.15, 0.2) is 12.5 Å². The number of nitrogens with two attached hydrogens (primary N) is 1. The summed E-state index contributed by atoms with van der Waals surface area (Å²) in [7, 11) is 0. The van der Waals surface area contributed by atoms with Gasteiger partial charge in [0.15, 0.2) is 0 Å². The average Bonchev–Trinajstić information content (AvgIpc) is 2.03. The summed E-state index contributed by atoms with van der Waals surface area (Å²) >= 11 is 0. The zero-order chi connectivity index (χ0) is 8.97. The molecule has 66 valence electrons. The summed E-state index contributed by atoms with van der Waals surface area (Å²) in [6.07, 6.45) is 5.41. The van der Waals surface area contributed by atoms with Crippen molar-refractivity contribution in [2.45, 2.75) is 32.7 Å². The first-order chi connectivity index (χ1) is 5.70. The molecule has 0 bridgehead atoms. The van der Waals surface area contributed by atoms with Gasteiger partial charge in [-0.05, 0) is 32.3 Å². The molecule has 3 nitrogen and oxygen atoms in total. The summed E-state index contributed by atoms with van der Waals surface area (Å²) in [5.41, 5.74) is 7.91. The predicted octanol–water partition coefficient (Wildman–Crippen LogP) is 1.06. The highest BCUT2D eigenvalue weighted by Crippen LogP contribution is 2.05. The van der Waals surface area contributed by atoms with E-state index < -0.39 is 0 Å². The summed E-state index contributed by atoms with van der Waals surface area (Å²) in [4.78, 5) is 8.08. The highest BCUT2D eigenvalue weighted by atomic mass is 14.8. The van der Waals surface area contributed by atoms with E-state index in [4.69, 9.17) is 5.73 Å². The molecule has 0 unspecified atom stereocenters. The molecule has 0 radical (unpaired) electrons. The van der Waals surface area contributed by atoms with Crippen molar-refractivity contribution < 1.29 is 0 Å². The van der Waals surface area contributed by atoms with Gasteiger partial charge in [-0.1, -0.05) is 0 Å². The fourth-order valence-electron chi connectivity index (χ4n) is 1.05. The fraction of sp³-hybridized carbons (Fsp3) is 0.556. The minimum absolute atomic E-state index is 0.254. The summed E-state index contributed by atoms with van der Waals surface area (Å²) in [5, 5.41) is 0. The third-order valence-electron chi connectivity index (χ3n) is 1.88.